The van der Waals surface area contributed by atoms with Gasteiger partial charge >= 0.3 is 5.97 Å². The van der Waals surface area contributed by atoms with E-state index in [0.717, 1.165) is 16.9 Å². The summed E-state index contributed by atoms with van der Waals surface area (Å²) in [6, 6.07) is 12.1. The van der Waals surface area contributed by atoms with Crippen molar-refractivity contribution in [3.63, 3.8) is 0 Å². The molecule has 1 aromatic heterocycles. The van der Waals surface area contributed by atoms with Crippen LogP contribution in [0.25, 0.3) is 0 Å². The van der Waals surface area contributed by atoms with Crippen LogP contribution in [-0.4, -0.2) is 17.0 Å². The minimum absolute atomic E-state index is 0.152. The number of carboxylic acid groups (broad SMARTS) is 1. The molecule has 3 rings (SSSR count). The minimum Gasteiger partial charge on any atom is -0.481 e. The second-order valence-electron chi connectivity index (χ2n) is 7.26. The summed E-state index contributed by atoms with van der Waals surface area (Å²) in [5.41, 5.74) is 2.28. The van der Waals surface area contributed by atoms with Gasteiger partial charge in [0.15, 0.2) is 0 Å². The zero-order valence-corrected chi connectivity index (χ0v) is 16.0. The Labute approximate surface area is 158 Å². The van der Waals surface area contributed by atoms with Crippen molar-refractivity contribution in [2.45, 2.75) is 45.1 Å². The van der Waals surface area contributed by atoms with Crippen molar-refractivity contribution < 1.29 is 14.7 Å². The molecule has 1 aromatic carbocycles. The highest BCUT2D eigenvalue weighted by molar-refractivity contribution is 7.10. The molecule has 2 aromatic rings. The highest BCUT2D eigenvalue weighted by Gasteiger charge is 2.38. The molecule has 0 bridgehead atoms. The SMILES string of the molecule is CC(C)c1ccc(C(NC(=O)C2CCCC2C(=O)O)c2cccs2)cc1. The molecule has 0 aliphatic heterocycles. The largest absolute Gasteiger partial charge is 0.481 e. The fourth-order valence-corrected chi connectivity index (χ4v) is 4.47. The zero-order valence-electron chi connectivity index (χ0n) is 15.1. The molecule has 3 unspecified atom stereocenters. The lowest BCUT2D eigenvalue weighted by Crippen LogP contribution is -2.37. The predicted molar refractivity (Wildman–Crippen MR) is 103 cm³/mol. The molecule has 3 atom stereocenters. The number of hydrogen-bond donors (Lipinski definition) is 2. The highest BCUT2D eigenvalue weighted by Crippen LogP contribution is 2.34. The maximum absolute atomic E-state index is 12.8. The van der Waals surface area contributed by atoms with Gasteiger partial charge in [-0.15, -0.1) is 11.3 Å². The van der Waals surface area contributed by atoms with Crippen LogP contribution in [0, 0.1) is 11.8 Å². The Morgan fingerprint density at radius 2 is 1.73 bits per heavy atom. The smallest absolute Gasteiger partial charge is 0.307 e. The van der Waals surface area contributed by atoms with E-state index in [-0.39, 0.29) is 11.9 Å². The molecule has 1 aliphatic rings. The van der Waals surface area contributed by atoms with E-state index >= 15 is 0 Å². The summed E-state index contributed by atoms with van der Waals surface area (Å²) < 4.78 is 0. The van der Waals surface area contributed by atoms with Crippen LogP contribution in [0.1, 0.15) is 61.1 Å². The van der Waals surface area contributed by atoms with Crippen molar-refractivity contribution in [2.24, 2.45) is 11.8 Å². The Bertz CT molecular complexity index is 752. The summed E-state index contributed by atoms with van der Waals surface area (Å²) in [6.45, 7) is 4.30. The van der Waals surface area contributed by atoms with Crippen LogP contribution in [0.15, 0.2) is 41.8 Å². The van der Waals surface area contributed by atoms with Crippen molar-refractivity contribution in [2.75, 3.05) is 0 Å². The standard InChI is InChI=1S/C21H25NO3S/c1-13(2)14-8-10-15(11-9-14)19(18-7-4-12-26-18)22-20(23)16-5-3-6-17(16)21(24)25/h4,7-13,16-17,19H,3,5-6H2,1-2H3,(H,22,23)(H,24,25). The van der Waals surface area contributed by atoms with Gasteiger partial charge in [-0.3, -0.25) is 9.59 Å². The molecule has 1 fully saturated rings. The molecule has 1 saturated carbocycles. The summed E-state index contributed by atoms with van der Waals surface area (Å²) in [5.74, 6) is -1.57. The zero-order chi connectivity index (χ0) is 18.7. The van der Waals surface area contributed by atoms with Crippen LogP contribution >= 0.6 is 11.3 Å². The van der Waals surface area contributed by atoms with E-state index < -0.39 is 17.8 Å². The Hall–Kier alpha value is -2.14. The van der Waals surface area contributed by atoms with E-state index in [9.17, 15) is 14.7 Å². The number of carbonyl (C=O) groups is 2. The van der Waals surface area contributed by atoms with Crippen molar-refractivity contribution in [3.05, 3.63) is 57.8 Å². The van der Waals surface area contributed by atoms with Crippen molar-refractivity contribution in [1.29, 1.82) is 0 Å². The topological polar surface area (TPSA) is 66.4 Å². The summed E-state index contributed by atoms with van der Waals surface area (Å²) in [5, 5.41) is 14.5. The lowest BCUT2D eigenvalue weighted by Gasteiger charge is -2.22. The highest BCUT2D eigenvalue weighted by atomic mass is 32.1. The van der Waals surface area contributed by atoms with Gasteiger partial charge in [0.1, 0.15) is 0 Å². The van der Waals surface area contributed by atoms with E-state index in [0.29, 0.717) is 18.8 Å². The van der Waals surface area contributed by atoms with Gasteiger partial charge in [-0.25, -0.2) is 0 Å². The first-order valence-corrected chi connectivity index (χ1v) is 10.0. The quantitative estimate of drug-likeness (QED) is 0.781. The number of thiophene rings is 1. The van der Waals surface area contributed by atoms with Crippen LogP contribution in [0.4, 0.5) is 0 Å². The number of aliphatic carboxylic acids is 1. The number of rotatable bonds is 6. The monoisotopic (exact) mass is 371 g/mol. The van der Waals surface area contributed by atoms with E-state index in [1.807, 2.05) is 17.5 Å². The molecule has 0 spiro atoms. The fourth-order valence-electron chi connectivity index (χ4n) is 3.67. The number of hydrogen-bond acceptors (Lipinski definition) is 3. The van der Waals surface area contributed by atoms with Gasteiger partial charge in [-0.1, -0.05) is 50.6 Å². The number of carbonyl (C=O) groups excluding carboxylic acids is 1. The van der Waals surface area contributed by atoms with Gasteiger partial charge in [0, 0.05) is 4.88 Å². The average Bonchev–Trinajstić information content (AvgIpc) is 3.31. The molecule has 1 heterocycles. The third-order valence-electron chi connectivity index (χ3n) is 5.22. The average molecular weight is 372 g/mol. The molecule has 2 N–H and O–H groups in total. The summed E-state index contributed by atoms with van der Waals surface area (Å²) in [6.07, 6.45) is 2.02. The molecule has 138 valence electrons. The Balaban J connectivity index is 1.83. The van der Waals surface area contributed by atoms with Crippen LogP contribution in [0.2, 0.25) is 0 Å². The Morgan fingerprint density at radius 1 is 1.08 bits per heavy atom. The summed E-state index contributed by atoms with van der Waals surface area (Å²) in [4.78, 5) is 25.3. The van der Waals surface area contributed by atoms with Crippen LogP contribution < -0.4 is 5.32 Å². The van der Waals surface area contributed by atoms with E-state index in [4.69, 9.17) is 0 Å². The molecule has 0 saturated heterocycles. The predicted octanol–water partition coefficient (Wildman–Crippen LogP) is 4.58. The number of nitrogens with one attached hydrogen (secondary N) is 1. The molecule has 1 aliphatic carbocycles. The molecule has 1 amide bonds. The van der Waals surface area contributed by atoms with Gasteiger partial charge in [0.2, 0.25) is 5.91 Å². The molecule has 4 nitrogen and oxygen atoms in total. The van der Waals surface area contributed by atoms with Crippen LogP contribution in [-0.2, 0) is 9.59 Å². The molecular weight excluding hydrogens is 346 g/mol. The normalized spacial score (nSPS) is 20.9. The van der Waals surface area contributed by atoms with E-state index in [2.05, 4.69) is 43.4 Å². The minimum atomic E-state index is -0.864. The molecular formula is C21H25NO3S. The number of carboxylic acids is 1. The van der Waals surface area contributed by atoms with Gasteiger partial charge in [0.05, 0.1) is 17.9 Å². The first kappa shape index (κ1) is 18.6. The first-order chi connectivity index (χ1) is 12.5. The number of benzene rings is 1. The maximum Gasteiger partial charge on any atom is 0.307 e. The fraction of sp³-hybridized carbons (Fsp3) is 0.429. The summed E-state index contributed by atoms with van der Waals surface area (Å²) in [7, 11) is 0. The third-order valence-corrected chi connectivity index (χ3v) is 6.16. The Morgan fingerprint density at radius 3 is 2.31 bits per heavy atom. The van der Waals surface area contributed by atoms with E-state index in [1.165, 1.54) is 5.56 Å². The van der Waals surface area contributed by atoms with E-state index in [1.54, 1.807) is 11.3 Å². The summed E-state index contributed by atoms with van der Waals surface area (Å²) >= 11 is 1.60. The van der Waals surface area contributed by atoms with Gasteiger partial charge in [-0.05, 0) is 41.3 Å². The van der Waals surface area contributed by atoms with Crippen molar-refractivity contribution in [1.82, 2.24) is 5.32 Å². The van der Waals surface area contributed by atoms with Gasteiger partial charge in [-0.2, -0.15) is 0 Å². The molecule has 5 heteroatoms. The second kappa shape index (κ2) is 8.04. The van der Waals surface area contributed by atoms with Gasteiger partial charge in [0.25, 0.3) is 0 Å². The lowest BCUT2D eigenvalue weighted by molar-refractivity contribution is -0.146. The maximum atomic E-state index is 12.8. The van der Waals surface area contributed by atoms with Crippen molar-refractivity contribution in [3.8, 4) is 0 Å². The third kappa shape index (κ3) is 3.98. The van der Waals surface area contributed by atoms with Crippen LogP contribution in [0.3, 0.4) is 0 Å². The van der Waals surface area contributed by atoms with Gasteiger partial charge < -0.3 is 10.4 Å². The van der Waals surface area contributed by atoms with Crippen molar-refractivity contribution >= 4 is 23.2 Å². The first-order valence-electron chi connectivity index (χ1n) is 9.13. The second-order valence-corrected chi connectivity index (χ2v) is 8.24. The van der Waals surface area contributed by atoms with Crippen LogP contribution in [0.5, 0.6) is 0 Å². The molecule has 0 radical (unpaired) electrons. The molecule has 26 heavy (non-hydrogen) atoms. The number of amides is 1. The lowest BCUT2D eigenvalue weighted by atomic mass is 9.94. The Kier molecular flexibility index (Phi) is 5.77.